The molecule has 1 aromatic carbocycles. The topological polar surface area (TPSA) is 15.3 Å². The Bertz CT molecular complexity index is 305. The maximum atomic E-state index is 3.19. The lowest BCUT2D eigenvalue weighted by molar-refractivity contribution is 0.318. The summed E-state index contributed by atoms with van der Waals surface area (Å²) in [5.41, 5.74) is 2.88. The number of nitrogens with zero attached hydrogens (tertiary/aromatic N) is 1. The molecule has 0 amide bonds. The van der Waals surface area contributed by atoms with Crippen molar-refractivity contribution in [1.82, 2.24) is 10.2 Å². The van der Waals surface area contributed by atoms with Crippen LogP contribution in [0.2, 0.25) is 0 Å². The highest BCUT2D eigenvalue weighted by molar-refractivity contribution is 5.22. The molecule has 0 radical (unpaired) electrons. The van der Waals surface area contributed by atoms with E-state index in [1.807, 2.05) is 7.05 Å². The highest BCUT2D eigenvalue weighted by Crippen LogP contribution is 2.09. The Hall–Kier alpha value is -0.860. The van der Waals surface area contributed by atoms with Gasteiger partial charge in [0.05, 0.1) is 0 Å². The standard InChI is InChI=1S/C16H28N2/c1-4-7-15-8-10-16(11-9-15)14-18(3)13-6-5-12-17-2/h8-11,17H,4-7,12-14H2,1-3H3. The minimum Gasteiger partial charge on any atom is -0.320 e. The second-order valence-corrected chi connectivity index (χ2v) is 5.11. The Morgan fingerprint density at radius 3 is 2.33 bits per heavy atom. The molecule has 0 saturated heterocycles. The average molecular weight is 248 g/mol. The van der Waals surface area contributed by atoms with Gasteiger partial charge in [-0.3, -0.25) is 0 Å². The molecule has 0 aromatic heterocycles. The molecule has 0 fully saturated rings. The van der Waals surface area contributed by atoms with Gasteiger partial charge in [-0.25, -0.2) is 0 Å². The molecule has 0 saturated carbocycles. The van der Waals surface area contributed by atoms with Crippen LogP contribution in [0.25, 0.3) is 0 Å². The van der Waals surface area contributed by atoms with E-state index in [1.54, 1.807) is 0 Å². The summed E-state index contributed by atoms with van der Waals surface area (Å²) in [6.07, 6.45) is 4.95. The fourth-order valence-corrected chi connectivity index (χ4v) is 2.17. The van der Waals surface area contributed by atoms with Crippen molar-refractivity contribution in [2.45, 2.75) is 39.2 Å². The van der Waals surface area contributed by atoms with E-state index >= 15 is 0 Å². The maximum absolute atomic E-state index is 3.19. The smallest absolute Gasteiger partial charge is 0.0230 e. The second-order valence-electron chi connectivity index (χ2n) is 5.11. The second kappa shape index (κ2) is 9.12. The average Bonchev–Trinajstić information content (AvgIpc) is 2.37. The van der Waals surface area contributed by atoms with Crippen LogP contribution in [0.3, 0.4) is 0 Å². The van der Waals surface area contributed by atoms with E-state index in [-0.39, 0.29) is 0 Å². The van der Waals surface area contributed by atoms with Gasteiger partial charge in [-0.1, -0.05) is 37.6 Å². The maximum Gasteiger partial charge on any atom is 0.0230 e. The Kier molecular flexibility index (Phi) is 7.70. The number of aryl methyl sites for hydroxylation is 1. The first kappa shape index (κ1) is 15.2. The summed E-state index contributed by atoms with van der Waals surface area (Å²) in [6.45, 7) is 5.59. The Morgan fingerprint density at radius 1 is 1.06 bits per heavy atom. The van der Waals surface area contributed by atoms with Gasteiger partial charge in [-0.15, -0.1) is 0 Å². The van der Waals surface area contributed by atoms with Crippen molar-refractivity contribution >= 4 is 0 Å². The molecular weight excluding hydrogens is 220 g/mol. The van der Waals surface area contributed by atoms with Gasteiger partial charge in [0.1, 0.15) is 0 Å². The molecule has 0 heterocycles. The minimum absolute atomic E-state index is 1.06. The predicted octanol–water partition coefficient (Wildman–Crippen LogP) is 3.07. The minimum atomic E-state index is 1.06. The molecular formula is C16H28N2. The molecule has 0 aliphatic carbocycles. The van der Waals surface area contributed by atoms with E-state index in [0.717, 1.165) is 13.1 Å². The Labute approximate surface area is 112 Å². The third-order valence-corrected chi connectivity index (χ3v) is 3.23. The van der Waals surface area contributed by atoms with Crippen LogP contribution in [-0.2, 0) is 13.0 Å². The fraction of sp³-hybridized carbons (Fsp3) is 0.625. The monoisotopic (exact) mass is 248 g/mol. The van der Waals surface area contributed by atoms with E-state index in [4.69, 9.17) is 0 Å². The summed E-state index contributed by atoms with van der Waals surface area (Å²) in [4.78, 5) is 2.41. The lowest BCUT2D eigenvalue weighted by atomic mass is 10.1. The molecule has 1 aromatic rings. The molecule has 102 valence electrons. The zero-order valence-corrected chi connectivity index (χ0v) is 12.2. The van der Waals surface area contributed by atoms with E-state index in [9.17, 15) is 0 Å². The molecule has 0 atom stereocenters. The number of hydrogen-bond acceptors (Lipinski definition) is 2. The highest BCUT2D eigenvalue weighted by atomic mass is 15.1. The van der Waals surface area contributed by atoms with E-state index in [2.05, 4.69) is 48.5 Å². The van der Waals surface area contributed by atoms with Crippen LogP contribution in [0, 0.1) is 0 Å². The molecule has 0 aliphatic rings. The van der Waals surface area contributed by atoms with Crippen molar-refractivity contribution in [3.8, 4) is 0 Å². The first-order valence-corrected chi connectivity index (χ1v) is 7.17. The summed E-state index contributed by atoms with van der Waals surface area (Å²) >= 11 is 0. The summed E-state index contributed by atoms with van der Waals surface area (Å²) in [7, 11) is 4.22. The van der Waals surface area contributed by atoms with Gasteiger partial charge >= 0.3 is 0 Å². The zero-order chi connectivity index (χ0) is 13.2. The van der Waals surface area contributed by atoms with E-state index in [1.165, 1.54) is 43.4 Å². The summed E-state index contributed by atoms with van der Waals surface area (Å²) in [5, 5.41) is 3.19. The number of rotatable bonds is 9. The van der Waals surface area contributed by atoms with Crippen LogP contribution in [0.1, 0.15) is 37.3 Å². The molecule has 1 rings (SSSR count). The van der Waals surface area contributed by atoms with Crippen LogP contribution < -0.4 is 5.32 Å². The molecule has 0 bridgehead atoms. The third-order valence-electron chi connectivity index (χ3n) is 3.23. The van der Waals surface area contributed by atoms with Gasteiger partial charge in [0, 0.05) is 6.54 Å². The van der Waals surface area contributed by atoms with Crippen LogP contribution >= 0.6 is 0 Å². The zero-order valence-electron chi connectivity index (χ0n) is 12.2. The number of hydrogen-bond donors (Lipinski definition) is 1. The molecule has 2 heteroatoms. The van der Waals surface area contributed by atoms with Gasteiger partial charge < -0.3 is 10.2 Å². The van der Waals surface area contributed by atoms with Gasteiger partial charge in [-0.2, -0.15) is 0 Å². The van der Waals surface area contributed by atoms with Crippen molar-refractivity contribution in [3.05, 3.63) is 35.4 Å². The molecule has 0 spiro atoms. The third kappa shape index (κ3) is 6.18. The first-order chi connectivity index (χ1) is 8.76. The lowest BCUT2D eigenvalue weighted by Gasteiger charge is -2.16. The Morgan fingerprint density at radius 2 is 1.72 bits per heavy atom. The van der Waals surface area contributed by atoms with Crippen molar-refractivity contribution in [2.24, 2.45) is 0 Å². The number of benzene rings is 1. The van der Waals surface area contributed by atoms with Gasteiger partial charge in [-0.05, 0) is 57.6 Å². The van der Waals surface area contributed by atoms with Gasteiger partial charge in [0.2, 0.25) is 0 Å². The van der Waals surface area contributed by atoms with Crippen LogP contribution in [0.15, 0.2) is 24.3 Å². The van der Waals surface area contributed by atoms with Gasteiger partial charge in [0.15, 0.2) is 0 Å². The quantitative estimate of drug-likeness (QED) is 0.676. The molecule has 1 N–H and O–H groups in total. The highest BCUT2D eigenvalue weighted by Gasteiger charge is 2.00. The normalized spacial score (nSPS) is 11.1. The van der Waals surface area contributed by atoms with E-state index < -0.39 is 0 Å². The molecule has 18 heavy (non-hydrogen) atoms. The molecule has 0 aliphatic heterocycles. The van der Waals surface area contributed by atoms with Crippen LogP contribution in [-0.4, -0.2) is 32.1 Å². The van der Waals surface area contributed by atoms with Crippen molar-refractivity contribution in [2.75, 3.05) is 27.2 Å². The fourth-order valence-electron chi connectivity index (χ4n) is 2.17. The number of nitrogens with one attached hydrogen (secondary N) is 1. The summed E-state index contributed by atoms with van der Waals surface area (Å²) in [6, 6.07) is 9.09. The summed E-state index contributed by atoms with van der Waals surface area (Å²) < 4.78 is 0. The van der Waals surface area contributed by atoms with Gasteiger partial charge in [0.25, 0.3) is 0 Å². The largest absolute Gasteiger partial charge is 0.320 e. The SMILES string of the molecule is CCCc1ccc(CN(C)CCCCNC)cc1. The van der Waals surface area contributed by atoms with Crippen LogP contribution in [0.5, 0.6) is 0 Å². The van der Waals surface area contributed by atoms with Crippen molar-refractivity contribution in [3.63, 3.8) is 0 Å². The molecule has 2 nitrogen and oxygen atoms in total. The molecule has 0 unspecified atom stereocenters. The van der Waals surface area contributed by atoms with Crippen molar-refractivity contribution in [1.29, 1.82) is 0 Å². The van der Waals surface area contributed by atoms with E-state index in [0.29, 0.717) is 0 Å². The predicted molar refractivity (Wildman–Crippen MR) is 79.9 cm³/mol. The summed E-state index contributed by atoms with van der Waals surface area (Å²) in [5.74, 6) is 0. The number of unbranched alkanes of at least 4 members (excludes halogenated alkanes) is 1. The van der Waals surface area contributed by atoms with Crippen molar-refractivity contribution < 1.29 is 0 Å². The first-order valence-electron chi connectivity index (χ1n) is 7.17. The van der Waals surface area contributed by atoms with Crippen LogP contribution in [0.4, 0.5) is 0 Å². The Balaban J connectivity index is 2.28. The lowest BCUT2D eigenvalue weighted by Crippen LogP contribution is -2.20.